The zero-order valence-electron chi connectivity index (χ0n) is 21.0. The smallest absolute Gasteiger partial charge is 0.264 e. The molecule has 0 saturated heterocycles. The van der Waals surface area contributed by atoms with Crippen molar-refractivity contribution in [2.45, 2.75) is 56.9 Å². The molecule has 1 atom stereocenters. The summed E-state index contributed by atoms with van der Waals surface area (Å²) >= 11 is 0. The SMILES string of the molecule is CC1(Cc2cccc(Oc3ccccc3)c2)NC(=O)C(C(=O)Nc2ccc(C3CCCCC3)cc2)=C1O. The number of anilines is 1. The summed E-state index contributed by atoms with van der Waals surface area (Å²) in [4.78, 5) is 25.8. The number of hydrogen-bond donors (Lipinski definition) is 3. The molecule has 2 amide bonds. The van der Waals surface area contributed by atoms with Crippen LogP contribution in [0, 0.1) is 0 Å². The van der Waals surface area contributed by atoms with Crippen LogP contribution in [0.25, 0.3) is 0 Å². The second-order valence-corrected chi connectivity index (χ2v) is 10.2. The van der Waals surface area contributed by atoms with Crippen LogP contribution in [-0.2, 0) is 16.0 Å². The Balaban J connectivity index is 1.28. The van der Waals surface area contributed by atoms with E-state index < -0.39 is 17.4 Å². The van der Waals surface area contributed by atoms with Gasteiger partial charge in [0.15, 0.2) is 0 Å². The number of para-hydroxylation sites is 1. The number of benzene rings is 3. The molecular formula is C31H32N2O4. The third-order valence-corrected chi connectivity index (χ3v) is 7.28. The Bertz CT molecular complexity index is 1310. The lowest BCUT2D eigenvalue weighted by atomic mass is 9.84. The topological polar surface area (TPSA) is 87.7 Å². The van der Waals surface area contributed by atoms with Gasteiger partial charge in [-0.2, -0.15) is 0 Å². The van der Waals surface area contributed by atoms with Crippen molar-refractivity contribution >= 4 is 17.5 Å². The lowest BCUT2D eigenvalue weighted by Crippen LogP contribution is -2.43. The Morgan fingerprint density at radius 2 is 1.68 bits per heavy atom. The Kier molecular flexibility index (Phi) is 6.99. The van der Waals surface area contributed by atoms with Gasteiger partial charge in [0, 0.05) is 12.1 Å². The first-order chi connectivity index (χ1) is 17.9. The van der Waals surface area contributed by atoms with Crippen molar-refractivity contribution in [2.75, 3.05) is 5.32 Å². The number of rotatable bonds is 7. The van der Waals surface area contributed by atoms with Crippen molar-refractivity contribution in [1.82, 2.24) is 5.32 Å². The van der Waals surface area contributed by atoms with E-state index in [4.69, 9.17) is 4.74 Å². The van der Waals surface area contributed by atoms with Crippen LogP contribution >= 0.6 is 0 Å². The standard InChI is InChI=1S/C31H32N2O4/c1-31(20-21-9-8-14-26(19-21)37-25-12-6-3-7-13-25)28(34)27(30(36)33-31)29(35)32-24-17-15-23(16-18-24)22-10-4-2-5-11-22/h3,6-9,12-19,22,34H,2,4-5,10-11,20H2,1H3,(H,32,35)(H,33,36). The molecule has 190 valence electrons. The average Bonchev–Trinajstić information content (AvgIpc) is 3.13. The zero-order valence-corrected chi connectivity index (χ0v) is 21.0. The molecule has 5 rings (SSSR count). The summed E-state index contributed by atoms with van der Waals surface area (Å²) in [6.45, 7) is 1.71. The van der Waals surface area contributed by atoms with Gasteiger partial charge < -0.3 is 20.5 Å². The molecule has 3 aromatic carbocycles. The summed E-state index contributed by atoms with van der Waals surface area (Å²) in [6.07, 6.45) is 6.52. The number of hydrogen-bond acceptors (Lipinski definition) is 4. The molecule has 1 heterocycles. The minimum atomic E-state index is -1.11. The molecule has 0 aromatic heterocycles. The summed E-state index contributed by atoms with van der Waals surface area (Å²) in [6, 6.07) is 24.7. The molecule has 0 bridgehead atoms. The molecule has 6 nitrogen and oxygen atoms in total. The van der Waals surface area contributed by atoms with Crippen molar-refractivity contribution in [2.24, 2.45) is 0 Å². The molecule has 6 heteroatoms. The van der Waals surface area contributed by atoms with Gasteiger partial charge >= 0.3 is 0 Å². The first kappa shape index (κ1) is 24.6. The second kappa shape index (κ2) is 10.5. The van der Waals surface area contributed by atoms with Crippen molar-refractivity contribution in [1.29, 1.82) is 0 Å². The maximum absolute atomic E-state index is 13.0. The number of ether oxygens (including phenoxy) is 1. The molecule has 0 spiro atoms. The Labute approximate surface area is 217 Å². The van der Waals surface area contributed by atoms with Crippen molar-refractivity contribution in [3.8, 4) is 11.5 Å². The van der Waals surface area contributed by atoms with Crippen LogP contribution in [-0.4, -0.2) is 22.5 Å². The molecule has 1 aliphatic heterocycles. The van der Waals surface area contributed by atoms with Gasteiger partial charge in [-0.3, -0.25) is 9.59 Å². The van der Waals surface area contributed by atoms with Crippen molar-refractivity contribution in [3.63, 3.8) is 0 Å². The molecule has 3 N–H and O–H groups in total. The number of carbonyl (C=O) groups excluding carboxylic acids is 2. The van der Waals surface area contributed by atoms with E-state index in [0.717, 1.165) is 5.56 Å². The molecule has 1 saturated carbocycles. The highest BCUT2D eigenvalue weighted by Gasteiger charge is 2.44. The fourth-order valence-corrected chi connectivity index (χ4v) is 5.31. The van der Waals surface area contributed by atoms with Gasteiger partial charge in [-0.15, -0.1) is 0 Å². The molecule has 3 aromatic rings. The highest BCUT2D eigenvalue weighted by Crippen LogP contribution is 2.34. The monoisotopic (exact) mass is 496 g/mol. The second-order valence-electron chi connectivity index (χ2n) is 10.2. The van der Waals surface area contributed by atoms with E-state index in [1.165, 1.54) is 37.7 Å². The van der Waals surface area contributed by atoms with Crippen LogP contribution in [0.2, 0.25) is 0 Å². The molecule has 37 heavy (non-hydrogen) atoms. The average molecular weight is 497 g/mol. The quantitative estimate of drug-likeness (QED) is 0.330. The van der Waals surface area contributed by atoms with Gasteiger partial charge in [-0.25, -0.2) is 0 Å². The molecular weight excluding hydrogens is 464 g/mol. The summed E-state index contributed by atoms with van der Waals surface area (Å²) in [5, 5.41) is 16.6. The number of carbonyl (C=O) groups is 2. The van der Waals surface area contributed by atoms with E-state index in [-0.39, 0.29) is 11.3 Å². The summed E-state index contributed by atoms with van der Waals surface area (Å²) in [5.41, 5.74) is 1.36. The number of nitrogens with one attached hydrogen (secondary N) is 2. The van der Waals surface area contributed by atoms with Crippen molar-refractivity contribution in [3.05, 3.63) is 101 Å². The predicted octanol–water partition coefficient (Wildman–Crippen LogP) is 6.41. The van der Waals surface area contributed by atoms with E-state index in [2.05, 4.69) is 10.6 Å². The van der Waals surface area contributed by atoms with Gasteiger partial charge in [-0.05, 0) is 73.2 Å². The predicted molar refractivity (Wildman–Crippen MR) is 144 cm³/mol. The van der Waals surface area contributed by atoms with Crippen molar-refractivity contribution < 1.29 is 19.4 Å². The van der Waals surface area contributed by atoms with Crippen LogP contribution in [0.15, 0.2) is 90.2 Å². The Morgan fingerprint density at radius 3 is 2.41 bits per heavy atom. The van der Waals surface area contributed by atoms with E-state index >= 15 is 0 Å². The summed E-state index contributed by atoms with van der Waals surface area (Å²) < 4.78 is 5.91. The minimum Gasteiger partial charge on any atom is -0.509 e. The van der Waals surface area contributed by atoms with Crippen LogP contribution in [0.3, 0.4) is 0 Å². The molecule has 1 aliphatic carbocycles. The lowest BCUT2D eigenvalue weighted by molar-refractivity contribution is -0.121. The van der Waals surface area contributed by atoms with Crippen LogP contribution < -0.4 is 15.4 Å². The molecule has 1 unspecified atom stereocenters. The van der Waals surface area contributed by atoms with Crippen LogP contribution in [0.5, 0.6) is 11.5 Å². The highest BCUT2D eigenvalue weighted by atomic mass is 16.5. The van der Waals surface area contributed by atoms with E-state index in [1.54, 1.807) is 6.92 Å². The third kappa shape index (κ3) is 5.53. The number of amides is 2. The Morgan fingerprint density at radius 1 is 0.973 bits per heavy atom. The van der Waals surface area contributed by atoms with E-state index in [9.17, 15) is 14.7 Å². The van der Waals surface area contributed by atoms with E-state index in [1.807, 2.05) is 78.9 Å². The fourth-order valence-electron chi connectivity index (χ4n) is 5.31. The highest BCUT2D eigenvalue weighted by molar-refractivity contribution is 6.24. The normalized spacial score (nSPS) is 20.0. The third-order valence-electron chi connectivity index (χ3n) is 7.28. The van der Waals surface area contributed by atoms with Gasteiger partial charge in [-0.1, -0.05) is 61.7 Å². The van der Waals surface area contributed by atoms with E-state index in [0.29, 0.717) is 29.5 Å². The Hall–Kier alpha value is -4.06. The zero-order chi connectivity index (χ0) is 25.8. The van der Waals surface area contributed by atoms with Gasteiger partial charge in [0.1, 0.15) is 22.8 Å². The van der Waals surface area contributed by atoms with Crippen LogP contribution in [0.1, 0.15) is 56.1 Å². The van der Waals surface area contributed by atoms with Gasteiger partial charge in [0.25, 0.3) is 11.8 Å². The fraction of sp³-hybridized carbons (Fsp3) is 0.290. The first-order valence-corrected chi connectivity index (χ1v) is 12.9. The molecule has 2 aliphatic rings. The first-order valence-electron chi connectivity index (χ1n) is 12.9. The summed E-state index contributed by atoms with van der Waals surface area (Å²) in [5.74, 6) is 0.466. The van der Waals surface area contributed by atoms with Crippen LogP contribution in [0.4, 0.5) is 5.69 Å². The number of aliphatic hydroxyl groups is 1. The summed E-state index contributed by atoms with van der Waals surface area (Å²) in [7, 11) is 0. The largest absolute Gasteiger partial charge is 0.509 e. The molecule has 0 radical (unpaired) electrons. The number of aliphatic hydroxyl groups excluding tert-OH is 1. The van der Waals surface area contributed by atoms with Gasteiger partial charge in [0.05, 0.1) is 5.54 Å². The minimum absolute atomic E-state index is 0.254. The molecule has 1 fully saturated rings. The lowest BCUT2D eigenvalue weighted by Gasteiger charge is -2.25. The van der Waals surface area contributed by atoms with Gasteiger partial charge in [0.2, 0.25) is 0 Å². The maximum atomic E-state index is 13.0. The maximum Gasteiger partial charge on any atom is 0.264 e.